The van der Waals surface area contributed by atoms with Gasteiger partial charge in [0.15, 0.2) is 0 Å². The number of fused-ring (bicyclic) bond motifs is 2. The van der Waals surface area contributed by atoms with Gasteiger partial charge in [-0.25, -0.2) is 19.6 Å². The summed E-state index contributed by atoms with van der Waals surface area (Å²) in [5, 5.41) is 3.05. The molecule has 1 atom stereocenters. The first-order valence-corrected chi connectivity index (χ1v) is 13.9. The van der Waals surface area contributed by atoms with Crippen molar-refractivity contribution in [3.8, 4) is 0 Å². The van der Waals surface area contributed by atoms with Crippen LogP contribution in [0.2, 0.25) is 0 Å². The number of urea groups is 1. The molecule has 1 spiro atoms. The fourth-order valence-corrected chi connectivity index (χ4v) is 6.04. The quantitative estimate of drug-likeness (QED) is 0.514. The first kappa shape index (κ1) is 26.4. The first-order valence-electron chi connectivity index (χ1n) is 13.9. The number of hydrogen-bond donors (Lipinski definition) is 1. The molecule has 40 heavy (non-hydrogen) atoms. The monoisotopic (exact) mass is 547 g/mol. The van der Waals surface area contributed by atoms with Crippen LogP contribution in [0.15, 0.2) is 30.7 Å². The molecule has 3 aromatic heterocycles. The molecular weight excluding hydrogens is 510 g/mol. The molecule has 6 rings (SSSR count). The van der Waals surface area contributed by atoms with Crippen molar-refractivity contribution in [3.63, 3.8) is 0 Å². The van der Waals surface area contributed by atoms with E-state index in [-0.39, 0.29) is 12.1 Å². The topological polar surface area (TPSA) is 105 Å². The molecule has 0 bridgehead atoms. The zero-order valence-electron chi connectivity index (χ0n) is 23.9. The van der Waals surface area contributed by atoms with Crippen molar-refractivity contribution >= 4 is 35.0 Å². The molecule has 0 radical (unpaired) electrons. The van der Waals surface area contributed by atoms with Gasteiger partial charge >= 0.3 is 12.1 Å². The van der Waals surface area contributed by atoms with Gasteiger partial charge in [-0.15, -0.1) is 0 Å². The molecule has 11 heteroatoms. The van der Waals surface area contributed by atoms with Crippen LogP contribution in [0.1, 0.15) is 44.0 Å². The van der Waals surface area contributed by atoms with Crippen LogP contribution in [0.4, 0.5) is 26.8 Å². The number of aryl methyl sites for hydroxylation is 2. The van der Waals surface area contributed by atoms with Gasteiger partial charge in [0, 0.05) is 56.0 Å². The van der Waals surface area contributed by atoms with E-state index in [2.05, 4.69) is 20.2 Å². The summed E-state index contributed by atoms with van der Waals surface area (Å²) in [6, 6.07) is 3.75. The van der Waals surface area contributed by atoms with Crippen LogP contribution in [-0.4, -0.2) is 81.9 Å². The Labute approximate surface area is 234 Å². The lowest BCUT2D eigenvalue weighted by molar-refractivity contribution is -0.0958. The number of rotatable bonds is 2. The lowest BCUT2D eigenvalue weighted by Crippen LogP contribution is -2.55. The van der Waals surface area contributed by atoms with E-state index >= 15 is 0 Å². The highest BCUT2D eigenvalue weighted by molar-refractivity contribution is 6.03. The lowest BCUT2D eigenvalue weighted by atomic mass is 10.0. The van der Waals surface area contributed by atoms with Crippen LogP contribution in [0.25, 0.3) is 5.65 Å². The molecule has 0 saturated carbocycles. The molecule has 0 aliphatic carbocycles. The highest BCUT2D eigenvalue weighted by Crippen LogP contribution is 2.39. The minimum absolute atomic E-state index is 0.208. The predicted octanol–water partition coefficient (Wildman–Crippen LogP) is 4.16. The van der Waals surface area contributed by atoms with Crippen LogP contribution in [0, 0.1) is 13.8 Å². The van der Waals surface area contributed by atoms with Gasteiger partial charge in [-0.05, 0) is 65.2 Å². The third-order valence-corrected chi connectivity index (χ3v) is 7.76. The summed E-state index contributed by atoms with van der Waals surface area (Å²) in [7, 11) is 0. The maximum absolute atomic E-state index is 13.4. The normalized spacial score (nSPS) is 20.9. The third kappa shape index (κ3) is 4.94. The van der Waals surface area contributed by atoms with Crippen molar-refractivity contribution in [1.29, 1.82) is 0 Å². The summed E-state index contributed by atoms with van der Waals surface area (Å²) >= 11 is 0. The van der Waals surface area contributed by atoms with Crippen LogP contribution >= 0.6 is 0 Å². The van der Waals surface area contributed by atoms with Crippen molar-refractivity contribution in [2.24, 2.45) is 0 Å². The van der Waals surface area contributed by atoms with Crippen LogP contribution in [-0.2, 0) is 15.9 Å². The van der Waals surface area contributed by atoms with Gasteiger partial charge in [-0.1, -0.05) is 0 Å². The average molecular weight is 548 g/mol. The lowest BCUT2D eigenvalue weighted by Gasteiger charge is -2.40. The fourth-order valence-electron chi connectivity index (χ4n) is 6.04. The number of carbonyl (C=O) groups is 2. The number of nitrogens with one attached hydrogen (secondary N) is 1. The second kappa shape index (κ2) is 9.65. The van der Waals surface area contributed by atoms with Gasteiger partial charge in [0.05, 0.1) is 24.5 Å². The molecule has 0 aromatic carbocycles. The van der Waals surface area contributed by atoms with Crippen molar-refractivity contribution < 1.29 is 19.1 Å². The summed E-state index contributed by atoms with van der Waals surface area (Å²) < 4.78 is 13.8. The smallest absolute Gasteiger partial charge is 0.410 e. The molecular formula is C29H37N7O4. The number of pyridine rings is 2. The average Bonchev–Trinajstić information content (AvgIpc) is 3.59. The highest BCUT2D eigenvalue weighted by atomic mass is 16.6. The standard InChI is InChI=1S/C29H37N7O4/c1-19-14-21(16-35-15-20(2)31-24(19)35)32-26(37)36-10-7-22-23(6-9-30-25(22)36)33-11-8-29(17-33)18-34(12-13-39-29)27(38)40-28(3,4)5/h6,9,14-16H,7-8,10-13,17-18H2,1-5H3,(H,32,37). The van der Waals surface area contributed by atoms with Crippen LogP contribution in [0.3, 0.4) is 0 Å². The number of hydrogen-bond acceptors (Lipinski definition) is 7. The SMILES string of the molecule is Cc1cn2cc(NC(=O)N3CCc4c(N5CCC6(CN(C(=O)OC(C)(C)C)CCO6)C5)ccnc43)cc(C)c2n1. The van der Waals surface area contributed by atoms with E-state index in [4.69, 9.17) is 9.47 Å². The minimum atomic E-state index is -0.538. The summed E-state index contributed by atoms with van der Waals surface area (Å²) in [5.74, 6) is 0.687. The van der Waals surface area contributed by atoms with Gasteiger partial charge < -0.3 is 29.0 Å². The molecule has 2 fully saturated rings. The van der Waals surface area contributed by atoms with E-state index in [9.17, 15) is 9.59 Å². The number of nitrogens with zero attached hydrogens (tertiary/aromatic N) is 6. The maximum Gasteiger partial charge on any atom is 0.410 e. The molecule has 2 saturated heterocycles. The predicted molar refractivity (Wildman–Crippen MR) is 152 cm³/mol. The Morgan fingerprint density at radius 1 is 1.12 bits per heavy atom. The van der Waals surface area contributed by atoms with Crippen molar-refractivity contribution in [2.45, 2.75) is 58.7 Å². The van der Waals surface area contributed by atoms with E-state index in [0.717, 1.165) is 47.5 Å². The van der Waals surface area contributed by atoms with E-state index in [1.807, 2.05) is 63.5 Å². The maximum atomic E-state index is 13.4. The van der Waals surface area contributed by atoms with Gasteiger partial charge in [0.25, 0.3) is 0 Å². The minimum Gasteiger partial charge on any atom is -0.444 e. The Bertz CT molecular complexity index is 1480. The molecule has 6 heterocycles. The molecule has 1 N–H and O–H groups in total. The van der Waals surface area contributed by atoms with E-state index in [1.54, 1.807) is 16.0 Å². The van der Waals surface area contributed by atoms with E-state index in [1.165, 1.54) is 0 Å². The number of imidazole rings is 1. The number of anilines is 3. The zero-order valence-corrected chi connectivity index (χ0v) is 23.9. The van der Waals surface area contributed by atoms with Gasteiger partial charge in [-0.3, -0.25) is 4.90 Å². The van der Waals surface area contributed by atoms with Crippen LogP contribution in [0.5, 0.6) is 0 Å². The Hall–Kier alpha value is -3.86. The number of carbonyl (C=O) groups excluding carboxylic acids is 2. The molecule has 3 amide bonds. The number of ether oxygens (including phenoxy) is 2. The van der Waals surface area contributed by atoms with Crippen molar-refractivity contribution in [2.75, 3.05) is 54.4 Å². The summed E-state index contributed by atoms with van der Waals surface area (Å²) in [4.78, 5) is 41.0. The Balaban J connectivity index is 1.17. The second-order valence-electron chi connectivity index (χ2n) is 12.1. The molecule has 3 aromatic rings. The largest absolute Gasteiger partial charge is 0.444 e. The number of morpholine rings is 1. The number of aromatic nitrogens is 3. The Kier molecular flexibility index (Phi) is 6.36. The van der Waals surface area contributed by atoms with Crippen molar-refractivity contribution in [1.82, 2.24) is 19.3 Å². The summed E-state index contributed by atoms with van der Waals surface area (Å²) in [6.07, 6.45) is 6.84. The molecule has 11 nitrogen and oxygen atoms in total. The van der Waals surface area contributed by atoms with Gasteiger partial charge in [0.1, 0.15) is 22.7 Å². The van der Waals surface area contributed by atoms with Gasteiger partial charge in [-0.2, -0.15) is 0 Å². The number of amides is 3. The second-order valence-corrected chi connectivity index (χ2v) is 12.1. The zero-order chi connectivity index (χ0) is 28.2. The molecule has 3 aliphatic rings. The first-order chi connectivity index (χ1) is 19.0. The van der Waals surface area contributed by atoms with Gasteiger partial charge in [0.2, 0.25) is 0 Å². The summed E-state index contributed by atoms with van der Waals surface area (Å²) in [6.45, 7) is 13.1. The molecule has 1 unspecified atom stereocenters. The Morgan fingerprint density at radius 2 is 1.95 bits per heavy atom. The summed E-state index contributed by atoms with van der Waals surface area (Å²) in [5.41, 5.74) is 4.67. The van der Waals surface area contributed by atoms with E-state index in [0.29, 0.717) is 44.3 Å². The Morgan fingerprint density at radius 3 is 2.75 bits per heavy atom. The fraction of sp³-hybridized carbons (Fsp3) is 0.517. The third-order valence-electron chi connectivity index (χ3n) is 7.76. The van der Waals surface area contributed by atoms with Crippen LogP contribution < -0.4 is 15.1 Å². The molecule has 3 aliphatic heterocycles. The highest BCUT2D eigenvalue weighted by Gasteiger charge is 2.45. The van der Waals surface area contributed by atoms with Crippen molar-refractivity contribution in [3.05, 3.63) is 47.5 Å². The van der Waals surface area contributed by atoms with E-state index < -0.39 is 11.2 Å². The molecule has 212 valence electrons.